The van der Waals surface area contributed by atoms with Gasteiger partial charge in [0.15, 0.2) is 0 Å². The van der Waals surface area contributed by atoms with Crippen LogP contribution in [-0.4, -0.2) is 25.2 Å². The number of aromatic nitrogens is 1. The normalized spacial score (nSPS) is 14.8. The Morgan fingerprint density at radius 3 is 3.18 bits per heavy atom. The number of rotatable bonds is 3. The van der Waals surface area contributed by atoms with Gasteiger partial charge in [-0.15, -0.1) is 0 Å². The van der Waals surface area contributed by atoms with E-state index in [2.05, 4.69) is 45.0 Å². The van der Waals surface area contributed by atoms with Crippen molar-refractivity contribution in [3.05, 3.63) is 34.3 Å². The summed E-state index contributed by atoms with van der Waals surface area (Å²) < 4.78 is 6.33. The molecule has 0 atom stereocenters. The Morgan fingerprint density at radius 1 is 1.59 bits per heavy atom. The number of anilines is 1. The number of halogens is 1. The van der Waals surface area contributed by atoms with Gasteiger partial charge in [0.2, 0.25) is 0 Å². The van der Waals surface area contributed by atoms with Gasteiger partial charge in [-0.1, -0.05) is 15.9 Å². The lowest BCUT2D eigenvalue weighted by atomic mass is 10.1. The molecule has 0 aromatic carbocycles. The van der Waals surface area contributed by atoms with Crippen LogP contribution in [0.15, 0.2) is 23.0 Å². The molecule has 90 valence electrons. The van der Waals surface area contributed by atoms with Crippen molar-refractivity contribution >= 4 is 33.8 Å². The first-order valence-corrected chi connectivity index (χ1v) is 6.35. The van der Waals surface area contributed by atoms with Crippen molar-refractivity contribution < 1.29 is 4.74 Å². The van der Waals surface area contributed by atoms with Crippen LogP contribution in [0.3, 0.4) is 0 Å². The highest BCUT2D eigenvalue weighted by molar-refractivity contribution is 9.11. The summed E-state index contributed by atoms with van der Waals surface area (Å²) in [4.78, 5) is 6.61. The molecule has 1 aromatic heterocycles. The molecule has 2 heterocycles. The van der Waals surface area contributed by atoms with Crippen molar-refractivity contribution in [1.29, 1.82) is 0 Å². The van der Waals surface area contributed by atoms with Gasteiger partial charge in [0.05, 0.1) is 24.3 Å². The first-order valence-electron chi connectivity index (χ1n) is 5.56. The van der Waals surface area contributed by atoms with E-state index in [4.69, 9.17) is 4.74 Å². The van der Waals surface area contributed by atoms with Crippen molar-refractivity contribution in [3.63, 3.8) is 0 Å². The molecule has 2 rings (SSSR count). The smallest absolute Gasteiger partial charge is 0.0872 e. The molecule has 0 fully saturated rings. The molecule has 0 unspecified atom stereocenters. The maximum atomic E-state index is 5.18. The number of hydrogen-bond acceptors (Lipinski definition) is 3. The van der Waals surface area contributed by atoms with E-state index in [0.717, 1.165) is 28.0 Å². The van der Waals surface area contributed by atoms with Gasteiger partial charge >= 0.3 is 0 Å². The molecule has 1 aromatic rings. The molecule has 17 heavy (non-hydrogen) atoms. The highest BCUT2D eigenvalue weighted by Crippen LogP contribution is 2.29. The molecular formula is C13H15BrN2O. The fourth-order valence-corrected chi connectivity index (χ4v) is 2.31. The molecule has 0 aliphatic carbocycles. The Labute approximate surface area is 110 Å². The van der Waals surface area contributed by atoms with Crippen LogP contribution in [0.2, 0.25) is 0 Å². The molecule has 0 bridgehead atoms. The molecule has 0 radical (unpaired) electrons. The maximum absolute atomic E-state index is 5.18. The predicted octanol–water partition coefficient (Wildman–Crippen LogP) is 3.27. The summed E-state index contributed by atoms with van der Waals surface area (Å²) in [5, 5.41) is 0. The van der Waals surface area contributed by atoms with Gasteiger partial charge in [-0.25, -0.2) is 0 Å². The number of hydrogen-bond donors (Lipinski definition) is 0. The van der Waals surface area contributed by atoms with Crippen molar-refractivity contribution in [1.82, 2.24) is 4.98 Å². The van der Waals surface area contributed by atoms with Crippen molar-refractivity contribution in [2.75, 3.05) is 25.1 Å². The standard InChI is InChI=1S/C13H15BrN2O/c1-3-17-5-4-10-6-13-12(15-8-10)7-11(14)9-16(13)2/h4-8H,3,9H2,1-2H3/b5-4+. The first-order chi connectivity index (χ1) is 8.20. The highest BCUT2D eigenvalue weighted by Gasteiger charge is 2.14. The van der Waals surface area contributed by atoms with E-state index in [9.17, 15) is 0 Å². The SMILES string of the molecule is CCO/C=C/c1cnc2c(c1)N(C)CC(Br)=C2. The van der Waals surface area contributed by atoms with Gasteiger partial charge in [-0.3, -0.25) is 4.98 Å². The average molecular weight is 295 g/mol. The monoisotopic (exact) mass is 294 g/mol. The van der Waals surface area contributed by atoms with Crippen LogP contribution < -0.4 is 4.90 Å². The Bertz CT molecular complexity index is 468. The second-order valence-electron chi connectivity index (χ2n) is 3.88. The molecule has 0 saturated heterocycles. The van der Waals surface area contributed by atoms with Crippen LogP contribution in [-0.2, 0) is 4.74 Å². The maximum Gasteiger partial charge on any atom is 0.0872 e. The molecule has 0 N–H and O–H groups in total. The summed E-state index contributed by atoms with van der Waals surface area (Å²) in [6.07, 6.45) is 7.55. The minimum absolute atomic E-state index is 0.685. The van der Waals surface area contributed by atoms with Crippen LogP contribution in [0.5, 0.6) is 0 Å². The van der Waals surface area contributed by atoms with E-state index in [1.807, 2.05) is 19.2 Å². The van der Waals surface area contributed by atoms with Gasteiger partial charge < -0.3 is 9.64 Å². The fourth-order valence-electron chi connectivity index (χ4n) is 1.72. The Kier molecular flexibility index (Phi) is 3.84. The molecule has 4 heteroatoms. The van der Waals surface area contributed by atoms with E-state index in [1.54, 1.807) is 6.26 Å². The van der Waals surface area contributed by atoms with Crippen molar-refractivity contribution in [2.45, 2.75) is 6.92 Å². The van der Waals surface area contributed by atoms with Crippen LogP contribution in [0.4, 0.5) is 5.69 Å². The van der Waals surface area contributed by atoms with Crippen LogP contribution in [0.25, 0.3) is 12.2 Å². The third-order valence-corrected chi connectivity index (χ3v) is 3.01. The van der Waals surface area contributed by atoms with E-state index in [-0.39, 0.29) is 0 Å². The van der Waals surface area contributed by atoms with Crippen LogP contribution in [0.1, 0.15) is 18.2 Å². The lowest BCUT2D eigenvalue weighted by molar-refractivity contribution is 0.272. The zero-order valence-electron chi connectivity index (χ0n) is 9.98. The Balaban J connectivity index is 2.28. The minimum atomic E-state index is 0.685. The average Bonchev–Trinajstić information content (AvgIpc) is 2.30. The fraction of sp³-hybridized carbons (Fsp3) is 0.308. The first kappa shape index (κ1) is 12.2. The summed E-state index contributed by atoms with van der Waals surface area (Å²) in [6, 6.07) is 2.12. The lowest BCUT2D eigenvalue weighted by Gasteiger charge is -2.25. The van der Waals surface area contributed by atoms with E-state index < -0.39 is 0 Å². The van der Waals surface area contributed by atoms with Gasteiger partial charge in [0.25, 0.3) is 0 Å². The van der Waals surface area contributed by atoms with Crippen LogP contribution in [0, 0.1) is 0 Å². The zero-order valence-corrected chi connectivity index (χ0v) is 11.6. The van der Waals surface area contributed by atoms with Gasteiger partial charge in [-0.05, 0) is 30.7 Å². The molecule has 0 amide bonds. The molecule has 3 nitrogen and oxygen atoms in total. The third-order valence-electron chi connectivity index (χ3n) is 2.53. The molecule has 0 spiro atoms. The van der Waals surface area contributed by atoms with Crippen molar-refractivity contribution in [2.24, 2.45) is 0 Å². The minimum Gasteiger partial charge on any atom is -0.501 e. The zero-order chi connectivity index (χ0) is 12.3. The largest absolute Gasteiger partial charge is 0.501 e. The summed E-state index contributed by atoms with van der Waals surface area (Å²) in [5.74, 6) is 0. The number of nitrogens with zero attached hydrogens (tertiary/aromatic N) is 2. The third kappa shape index (κ3) is 2.88. The van der Waals surface area contributed by atoms with E-state index >= 15 is 0 Å². The molecular weight excluding hydrogens is 280 g/mol. The Morgan fingerprint density at radius 2 is 2.41 bits per heavy atom. The summed E-state index contributed by atoms with van der Waals surface area (Å²) in [7, 11) is 2.06. The van der Waals surface area contributed by atoms with Crippen molar-refractivity contribution in [3.8, 4) is 0 Å². The molecule has 1 aliphatic heterocycles. The number of ether oxygens (including phenoxy) is 1. The number of pyridine rings is 1. The highest BCUT2D eigenvalue weighted by atomic mass is 79.9. The van der Waals surface area contributed by atoms with Gasteiger partial charge in [-0.2, -0.15) is 0 Å². The van der Waals surface area contributed by atoms with E-state index in [0.29, 0.717) is 6.61 Å². The molecule has 0 saturated carbocycles. The predicted molar refractivity (Wildman–Crippen MR) is 75.1 cm³/mol. The quantitative estimate of drug-likeness (QED) is 0.800. The van der Waals surface area contributed by atoms with E-state index in [1.165, 1.54) is 0 Å². The summed E-state index contributed by atoms with van der Waals surface area (Å²) in [6.45, 7) is 3.53. The second kappa shape index (κ2) is 5.36. The lowest BCUT2D eigenvalue weighted by Crippen LogP contribution is -2.22. The van der Waals surface area contributed by atoms with Crippen LogP contribution >= 0.6 is 15.9 Å². The van der Waals surface area contributed by atoms with Gasteiger partial charge in [0, 0.05) is 24.3 Å². The number of fused-ring (bicyclic) bond motifs is 1. The summed E-state index contributed by atoms with van der Waals surface area (Å²) >= 11 is 3.51. The molecule has 1 aliphatic rings. The summed E-state index contributed by atoms with van der Waals surface area (Å²) in [5.41, 5.74) is 3.20. The second-order valence-corrected chi connectivity index (χ2v) is 4.90. The van der Waals surface area contributed by atoms with Gasteiger partial charge in [0.1, 0.15) is 0 Å². The topological polar surface area (TPSA) is 25.4 Å². The Hall–Kier alpha value is -1.29. The number of likely N-dealkylation sites (N-methyl/N-ethyl adjacent to an activating group) is 1.